The average molecular weight is 345 g/mol. The maximum absolute atomic E-state index is 6.18. The van der Waals surface area contributed by atoms with Gasteiger partial charge in [0.25, 0.3) is 0 Å². The predicted molar refractivity (Wildman–Crippen MR) is 102 cm³/mol. The summed E-state index contributed by atoms with van der Waals surface area (Å²) in [5.41, 5.74) is 2.52. The van der Waals surface area contributed by atoms with Crippen LogP contribution < -0.4 is 10.0 Å². The second kappa shape index (κ2) is 7.25. The Morgan fingerprint density at radius 3 is 2.75 bits per heavy atom. The Kier molecular flexibility index (Phi) is 5.27. The molecule has 2 heterocycles. The first-order chi connectivity index (χ1) is 11.5. The Hall–Kier alpha value is -1.38. The summed E-state index contributed by atoms with van der Waals surface area (Å²) in [4.78, 5) is 7.35. The number of imidazole rings is 1. The average Bonchev–Trinajstić information content (AvgIpc) is 2.90. The largest absolute Gasteiger partial charge is 0.425 e. The van der Waals surface area contributed by atoms with Crippen molar-refractivity contribution < 1.29 is 4.74 Å². The summed E-state index contributed by atoms with van der Waals surface area (Å²) in [6, 6.07) is 9.74. The number of benzene rings is 1. The van der Waals surface area contributed by atoms with Crippen LogP contribution in [0.4, 0.5) is 0 Å². The van der Waals surface area contributed by atoms with Crippen LogP contribution in [0.25, 0.3) is 0 Å². The number of aromatic nitrogens is 2. The highest BCUT2D eigenvalue weighted by Crippen LogP contribution is 2.32. The van der Waals surface area contributed by atoms with Gasteiger partial charge in [0.2, 0.25) is 0 Å². The Morgan fingerprint density at radius 2 is 2.08 bits per heavy atom. The molecule has 1 aromatic heterocycles. The highest BCUT2D eigenvalue weighted by molar-refractivity contribution is 7.27. The van der Waals surface area contributed by atoms with Crippen LogP contribution in [0, 0.1) is 0 Å². The molecular weight excluding hydrogens is 317 g/mol. The predicted octanol–water partition coefficient (Wildman–Crippen LogP) is 3.91. The highest BCUT2D eigenvalue weighted by atomic mass is 31.0. The van der Waals surface area contributed by atoms with Gasteiger partial charge in [0, 0.05) is 37.3 Å². The first kappa shape index (κ1) is 17.4. The normalized spacial score (nSPS) is 16.2. The maximum atomic E-state index is 6.18. The molecular formula is C19H28N3OP. The fraction of sp³-hybridized carbons (Fsp3) is 0.526. The van der Waals surface area contributed by atoms with Gasteiger partial charge in [0.05, 0.1) is 5.69 Å². The van der Waals surface area contributed by atoms with Gasteiger partial charge in [0.1, 0.15) is 5.75 Å². The molecule has 3 rings (SSSR count). The quantitative estimate of drug-likeness (QED) is 0.770. The molecule has 0 spiro atoms. The van der Waals surface area contributed by atoms with E-state index >= 15 is 0 Å². The number of rotatable bonds is 5. The molecule has 0 radical (unpaired) electrons. The molecule has 1 aliphatic heterocycles. The van der Waals surface area contributed by atoms with Gasteiger partial charge in [-0.05, 0) is 44.6 Å². The van der Waals surface area contributed by atoms with Crippen molar-refractivity contribution in [2.75, 3.05) is 6.54 Å². The smallest absolute Gasteiger partial charge is 0.302 e. The van der Waals surface area contributed by atoms with E-state index in [1.54, 1.807) is 0 Å². The fourth-order valence-corrected chi connectivity index (χ4v) is 3.51. The minimum atomic E-state index is 0.390. The number of hydrogen-bond donors (Lipinski definition) is 0. The molecule has 0 bridgehead atoms. The molecule has 0 N–H and O–H groups in total. The molecule has 0 aliphatic carbocycles. The molecule has 5 heteroatoms. The summed E-state index contributed by atoms with van der Waals surface area (Å²) in [6.07, 6.45) is 2.11. The van der Waals surface area contributed by atoms with Crippen LogP contribution in [-0.4, -0.2) is 27.0 Å². The van der Waals surface area contributed by atoms with Gasteiger partial charge in [-0.15, -0.1) is 9.24 Å². The first-order valence-electron chi connectivity index (χ1n) is 8.87. The molecule has 1 aliphatic rings. The molecule has 2 unspecified atom stereocenters. The van der Waals surface area contributed by atoms with Gasteiger partial charge >= 0.3 is 6.01 Å². The lowest BCUT2D eigenvalue weighted by atomic mass is 10.1. The SMILES string of the molecule is CCC(C)n1c(Oc2cccc(P)c2)nc2c1CCN(C(C)C)C2. The minimum absolute atomic E-state index is 0.390. The Bertz CT molecular complexity index is 711. The van der Waals surface area contributed by atoms with Crippen LogP contribution in [-0.2, 0) is 13.0 Å². The van der Waals surface area contributed by atoms with Gasteiger partial charge < -0.3 is 4.74 Å². The van der Waals surface area contributed by atoms with Gasteiger partial charge in [-0.3, -0.25) is 9.47 Å². The Balaban J connectivity index is 1.96. The van der Waals surface area contributed by atoms with Crippen molar-refractivity contribution in [3.8, 4) is 11.8 Å². The fourth-order valence-electron chi connectivity index (χ4n) is 3.23. The van der Waals surface area contributed by atoms with E-state index in [1.807, 2.05) is 24.3 Å². The second-order valence-corrected chi connectivity index (χ2v) is 7.57. The Labute approximate surface area is 147 Å². The number of ether oxygens (including phenoxy) is 1. The lowest BCUT2D eigenvalue weighted by Crippen LogP contribution is -2.36. The molecule has 2 aromatic rings. The molecule has 130 valence electrons. The summed E-state index contributed by atoms with van der Waals surface area (Å²) in [7, 11) is 2.71. The molecule has 0 saturated carbocycles. The van der Waals surface area contributed by atoms with E-state index in [4.69, 9.17) is 9.72 Å². The summed E-state index contributed by atoms with van der Waals surface area (Å²) in [6.45, 7) is 11.0. The molecule has 24 heavy (non-hydrogen) atoms. The number of nitrogens with zero attached hydrogens (tertiary/aromatic N) is 3. The lowest BCUT2D eigenvalue weighted by Gasteiger charge is -2.30. The molecule has 1 aromatic carbocycles. The molecule has 4 nitrogen and oxygen atoms in total. The lowest BCUT2D eigenvalue weighted by molar-refractivity contribution is 0.198. The minimum Gasteiger partial charge on any atom is -0.425 e. The summed E-state index contributed by atoms with van der Waals surface area (Å²) < 4.78 is 8.49. The van der Waals surface area contributed by atoms with Crippen LogP contribution in [0.3, 0.4) is 0 Å². The van der Waals surface area contributed by atoms with Gasteiger partial charge in [0.15, 0.2) is 0 Å². The molecule has 0 amide bonds. The number of fused-ring (bicyclic) bond motifs is 1. The standard InChI is InChI=1S/C19H28N3OP/c1-5-14(4)22-18-9-10-21(13(2)3)12-17(18)20-19(22)23-15-7-6-8-16(24)11-15/h6-8,11,13-14H,5,9-10,12,24H2,1-4H3. The van der Waals surface area contributed by atoms with Crippen LogP contribution in [0.2, 0.25) is 0 Å². The molecule has 0 saturated heterocycles. The first-order valence-corrected chi connectivity index (χ1v) is 9.44. The van der Waals surface area contributed by atoms with Crippen LogP contribution in [0.15, 0.2) is 24.3 Å². The van der Waals surface area contributed by atoms with E-state index in [-0.39, 0.29) is 0 Å². The van der Waals surface area contributed by atoms with E-state index in [1.165, 1.54) is 11.4 Å². The van der Waals surface area contributed by atoms with E-state index in [2.05, 4.69) is 46.4 Å². The maximum Gasteiger partial charge on any atom is 0.302 e. The Morgan fingerprint density at radius 1 is 1.29 bits per heavy atom. The van der Waals surface area contributed by atoms with Gasteiger partial charge in [-0.1, -0.05) is 19.1 Å². The van der Waals surface area contributed by atoms with Crippen molar-refractivity contribution in [2.24, 2.45) is 0 Å². The van der Waals surface area contributed by atoms with Crippen molar-refractivity contribution in [3.05, 3.63) is 35.7 Å². The van der Waals surface area contributed by atoms with Crippen LogP contribution >= 0.6 is 9.24 Å². The van der Waals surface area contributed by atoms with Crippen molar-refractivity contribution in [3.63, 3.8) is 0 Å². The third kappa shape index (κ3) is 3.50. The van der Waals surface area contributed by atoms with Crippen LogP contribution in [0.5, 0.6) is 11.8 Å². The molecule has 2 atom stereocenters. The third-order valence-electron chi connectivity index (χ3n) is 4.88. The summed E-state index contributed by atoms with van der Waals surface area (Å²) >= 11 is 0. The van der Waals surface area contributed by atoms with Gasteiger partial charge in [-0.25, -0.2) is 0 Å². The van der Waals surface area contributed by atoms with Gasteiger partial charge in [-0.2, -0.15) is 4.98 Å². The zero-order valence-corrected chi connectivity index (χ0v) is 16.3. The highest BCUT2D eigenvalue weighted by Gasteiger charge is 2.27. The van der Waals surface area contributed by atoms with Crippen molar-refractivity contribution in [1.82, 2.24) is 14.5 Å². The third-order valence-corrected chi connectivity index (χ3v) is 5.24. The number of hydrogen-bond acceptors (Lipinski definition) is 3. The van der Waals surface area contributed by atoms with Crippen LogP contribution in [0.1, 0.15) is 51.5 Å². The summed E-state index contributed by atoms with van der Waals surface area (Å²) in [5.74, 6) is 0.843. The molecule has 0 fully saturated rings. The zero-order chi connectivity index (χ0) is 17.3. The van der Waals surface area contributed by atoms with Crippen molar-refractivity contribution in [1.29, 1.82) is 0 Å². The topological polar surface area (TPSA) is 30.3 Å². The van der Waals surface area contributed by atoms with E-state index in [0.717, 1.165) is 43.0 Å². The van der Waals surface area contributed by atoms with Crippen molar-refractivity contribution >= 4 is 14.5 Å². The van der Waals surface area contributed by atoms with Crippen molar-refractivity contribution in [2.45, 2.75) is 59.2 Å². The van der Waals surface area contributed by atoms with E-state index in [9.17, 15) is 0 Å². The summed E-state index contributed by atoms with van der Waals surface area (Å²) in [5, 5.41) is 1.12. The zero-order valence-electron chi connectivity index (χ0n) is 15.1. The van der Waals surface area contributed by atoms with E-state index in [0.29, 0.717) is 12.1 Å². The monoisotopic (exact) mass is 345 g/mol. The second-order valence-electron chi connectivity index (χ2n) is 6.90. The van der Waals surface area contributed by atoms with E-state index < -0.39 is 0 Å².